The maximum atomic E-state index is 12.7. The van der Waals surface area contributed by atoms with Crippen LogP contribution < -0.4 is 20.7 Å². The highest BCUT2D eigenvalue weighted by atomic mass is 16.5. The van der Waals surface area contributed by atoms with E-state index in [2.05, 4.69) is 10.3 Å². The van der Waals surface area contributed by atoms with Gasteiger partial charge in [-0.15, -0.1) is 0 Å². The highest BCUT2D eigenvalue weighted by Gasteiger charge is 2.36. The standard InChI is InChI=1S/C20H19N3O5/c1-2-27-17-6-4-3-5-15(17)23-11-12(9-18(23)24)19(25)21-13-7-8-16-14(10-13)22-20(26)28-16/h3-8,10,12H,2,9,11H2,1H3,(H,21,25)(H,22,26). The lowest BCUT2D eigenvalue weighted by molar-refractivity contribution is -0.122. The molecule has 2 aromatic carbocycles. The quantitative estimate of drug-likeness (QED) is 0.707. The van der Waals surface area contributed by atoms with Gasteiger partial charge in [0, 0.05) is 18.7 Å². The van der Waals surface area contributed by atoms with Crippen LogP contribution >= 0.6 is 0 Å². The molecule has 0 spiro atoms. The minimum atomic E-state index is -0.552. The van der Waals surface area contributed by atoms with Gasteiger partial charge in [0.25, 0.3) is 0 Å². The lowest BCUT2D eigenvalue weighted by atomic mass is 10.1. The van der Waals surface area contributed by atoms with Crippen molar-refractivity contribution in [1.82, 2.24) is 4.98 Å². The van der Waals surface area contributed by atoms with Crippen LogP contribution in [-0.4, -0.2) is 29.9 Å². The first-order valence-corrected chi connectivity index (χ1v) is 9.01. The number of aromatic amines is 1. The van der Waals surface area contributed by atoms with Crippen molar-refractivity contribution in [2.24, 2.45) is 5.92 Å². The molecule has 1 aliphatic heterocycles. The molecule has 1 aliphatic rings. The molecule has 4 rings (SSSR count). The van der Waals surface area contributed by atoms with E-state index in [1.165, 1.54) is 0 Å². The SMILES string of the molecule is CCOc1ccccc1N1CC(C(=O)Nc2ccc3oc(=O)[nH]c3c2)CC1=O. The number of hydrogen-bond donors (Lipinski definition) is 2. The van der Waals surface area contributed by atoms with E-state index in [1.54, 1.807) is 29.2 Å². The number of carbonyl (C=O) groups excluding carboxylic acids is 2. The number of para-hydroxylation sites is 2. The Hall–Kier alpha value is -3.55. The summed E-state index contributed by atoms with van der Waals surface area (Å²) in [5.41, 5.74) is 2.10. The average Bonchev–Trinajstić information content (AvgIpc) is 3.24. The molecule has 3 aromatic rings. The molecule has 28 heavy (non-hydrogen) atoms. The fourth-order valence-corrected chi connectivity index (χ4v) is 3.35. The molecule has 2 N–H and O–H groups in total. The van der Waals surface area contributed by atoms with Crippen LogP contribution in [0.5, 0.6) is 5.75 Å². The molecular formula is C20H19N3O5. The lowest BCUT2D eigenvalue weighted by Crippen LogP contribution is -2.28. The normalized spacial score (nSPS) is 16.5. The second-order valence-corrected chi connectivity index (χ2v) is 6.52. The number of ether oxygens (including phenoxy) is 1. The zero-order valence-corrected chi connectivity index (χ0v) is 15.2. The summed E-state index contributed by atoms with van der Waals surface area (Å²) in [6.07, 6.45) is 0.122. The van der Waals surface area contributed by atoms with Crippen LogP contribution in [0, 0.1) is 5.92 Å². The molecule has 0 saturated carbocycles. The summed E-state index contributed by atoms with van der Waals surface area (Å²) in [4.78, 5) is 40.6. The number of hydrogen-bond acceptors (Lipinski definition) is 5. The summed E-state index contributed by atoms with van der Waals surface area (Å²) >= 11 is 0. The minimum Gasteiger partial charge on any atom is -0.492 e. The third-order valence-electron chi connectivity index (χ3n) is 4.64. The third-order valence-corrected chi connectivity index (χ3v) is 4.64. The molecule has 0 bridgehead atoms. The van der Waals surface area contributed by atoms with E-state index in [1.807, 2.05) is 25.1 Å². The van der Waals surface area contributed by atoms with Gasteiger partial charge in [0.1, 0.15) is 5.75 Å². The van der Waals surface area contributed by atoms with Crippen LogP contribution in [0.1, 0.15) is 13.3 Å². The smallest absolute Gasteiger partial charge is 0.417 e. The Balaban J connectivity index is 1.50. The number of benzene rings is 2. The number of anilines is 2. The van der Waals surface area contributed by atoms with Gasteiger partial charge in [0.2, 0.25) is 11.8 Å². The molecule has 1 aromatic heterocycles. The van der Waals surface area contributed by atoms with Crippen molar-refractivity contribution in [3.05, 3.63) is 53.0 Å². The van der Waals surface area contributed by atoms with Crippen LogP contribution in [0.2, 0.25) is 0 Å². The first kappa shape index (κ1) is 17.8. The first-order valence-electron chi connectivity index (χ1n) is 9.01. The number of nitrogens with one attached hydrogen (secondary N) is 2. The van der Waals surface area contributed by atoms with Gasteiger partial charge in [-0.2, -0.15) is 0 Å². The highest BCUT2D eigenvalue weighted by Crippen LogP contribution is 2.33. The predicted molar refractivity (Wildman–Crippen MR) is 104 cm³/mol. The molecule has 2 amide bonds. The number of carbonyl (C=O) groups is 2. The number of amides is 2. The zero-order valence-electron chi connectivity index (χ0n) is 15.2. The van der Waals surface area contributed by atoms with Crippen LogP contribution in [0.4, 0.5) is 11.4 Å². The fourth-order valence-electron chi connectivity index (χ4n) is 3.35. The van der Waals surface area contributed by atoms with Crippen molar-refractivity contribution >= 4 is 34.3 Å². The van der Waals surface area contributed by atoms with E-state index in [0.29, 0.717) is 34.8 Å². The number of oxazole rings is 1. The van der Waals surface area contributed by atoms with Gasteiger partial charge < -0.3 is 19.4 Å². The van der Waals surface area contributed by atoms with Crippen molar-refractivity contribution in [1.29, 1.82) is 0 Å². The van der Waals surface area contributed by atoms with Crippen LogP contribution in [0.15, 0.2) is 51.7 Å². The zero-order chi connectivity index (χ0) is 19.7. The van der Waals surface area contributed by atoms with Crippen molar-refractivity contribution in [2.45, 2.75) is 13.3 Å². The molecule has 1 fully saturated rings. The Morgan fingerprint density at radius 3 is 2.93 bits per heavy atom. The monoisotopic (exact) mass is 381 g/mol. The van der Waals surface area contributed by atoms with E-state index in [4.69, 9.17) is 9.15 Å². The van der Waals surface area contributed by atoms with Gasteiger partial charge >= 0.3 is 5.76 Å². The molecule has 0 radical (unpaired) electrons. The van der Waals surface area contributed by atoms with E-state index >= 15 is 0 Å². The summed E-state index contributed by atoms with van der Waals surface area (Å²) in [7, 11) is 0. The van der Waals surface area contributed by atoms with Crippen molar-refractivity contribution < 1.29 is 18.7 Å². The molecule has 8 nitrogen and oxygen atoms in total. The maximum absolute atomic E-state index is 12.7. The first-order chi connectivity index (χ1) is 13.5. The van der Waals surface area contributed by atoms with E-state index in [9.17, 15) is 14.4 Å². The summed E-state index contributed by atoms with van der Waals surface area (Å²) in [5.74, 6) is -0.796. The Morgan fingerprint density at radius 2 is 2.11 bits per heavy atom. The van der Waals surface area contributed by atoms with Crippen LogP contribution in [0.3, 0.4) is 0 Å². The molecule has 1 atom stereocenters. The maximum Gasteiger partial charge on any atom is 0.417 e. The molecule has 1 saturated heterocycles. The fraction of sp³-hybridized carbons (Fsp3) is 0.250. The number of rotatable bonds is 5. The van der Waals surface area contributed by atoms with Crippen molar-refractivity contribution in [2.75, 3.05) is 23.4 Å². The van der Waals surface area contributed by atoms with Gasteiger partial charge in [-0.3, -0.25) is 14.6 Å². The Labute approximate surface area is 160 Å². The van der Waals surface area contributed by atoms with Crippen molar-refractivity contribution in [3.8, 4) is 5.75 Å². The average molecular weight is 381 g/mol. The Kier molecular flexibility index (Phi) is 4.60. The van der Waals surface area contributed by atoms with E-state index in [-0.39, 0.29) is 24.8 Å². The second-order valence-electron chi connectivity index (χ2n) is 6.52. The third kappa shape index (κ3) is 3.36. The Bertz CT molecular complexity index is 1100. The van der Waals surface area contributed by atoms with E-state index in [0.717, 1.165) is 0 Å². The predicted octanol–water partition coefficient (Wildman–Crippen LogP) is 2.51. The molecule has 2 heterocycles. The van der Waals surface area contributed by atoms with Crippen LogP contribution in [-0.2, 0) is 9.59 Å². The van der Waals surface area contributed by atoms with Crippen LogP contribution in [0.25, 0.3) is 11.1 Å². The highest BCUT2D eigenvalue weighted by molar-refractivity contribution is 6.04. The Morgan fingerprint density at radius 1 is 1.29 bits per heavy atom. The van der Waals surface area contributed by atoms with E-state index < -0.39 is 11.7 Å². The van der Waals surface area contributed by atoms with Gasteiger partial charge in [0.15, 0.2) is 5.58 Å². The minimum absolute atomic E-state index is 0.122. The lowest BCUT2D eigenvalue weighted by Gasteiger charge is -2.20. The summed E-state index contributed by atoms with van der Waals surface area (Å²) < 4.78 is 10.5. The molecule has 8 heteroatoms. The second kappa shape index (κ2) is 7.22. The number of H-pyrrole nitrogens is 1. The number of aromatic nitrogens is 1. The largest absolute Gasteiger partial charge is 0.492 e. The van der Waals surface area contributed by atoms with Crippen molar-refractivity contribution in [3.63, 3.8) is 0 Å². The topological polar surface area (TPSA) is 105 Å². The molecule has 0 aliphatic carbocycles. The van der Waals surface area contributed by atoms with Gasteiger partial charge in [-0.25, -0.2) is 4.79 Å². The molecule has 1 unspecified atom stereocenters. The molecule has 144 valence electrons. The number of nitrogens with zero attached hydrogens (tertiary/aromatic N) is 1. The summed E-state index contributed by atoms with van der Waals surface area (Å²) in [6.45, 7) is 2.64. The van der Waals surface area contributed by atoms with Gasteiger partial charge in [0.05, 0.1) is 23.7 Å². The molecular weight excluding hydrogens is 362 g/mol. The summed E-state index contributed by atoms with van der Waals surface area (Å²) in [5, 5.41) is 2.80. The van der Waals surface area contributed by atoms with Gasteiger partial charge in [-0.1, -0.05) is 12.1 Å². The summed E-state index contributed by atoms with van der Waals surface area (Å²) in [6, 6.07) is 12.2. The number of fused-ring (bicyclic) bond motifs is 1. The van der Waals surface area contributed by atoms with Gasteiger partial charge in [-0.05, 0) is 37.3 Å².